The number of halogens is 1. The van der Waals surface area contributed by atoms with Crippen LogP contribution >= 0.6 is 11.3 Å². The molecule has 6 heteroatoms. The van der Waals surface area contributed by atoms with Gasteiger partial charge >= 0.3 is 0 Å². The number of rotatable bonds is 4. The standard InChI is InChI=1S/C13H13FN2O2S/c1-8(17)11-7-19-13(15-11)16-12(18)6-9-2-4-10(14)5-3-9/h2-5,7-8,17H,6H2,1H3,(H,15,16,18). The Morgan fingerprint density at radius 3 is 2.74 bits per heavy atom. The number of nitrogens with zero attached hydrogens (tertiary/aromatic N) is 1. The summed E-state index contributed by atoms with van der Waals surface area (Å²) in [5.41, 5.74) is 1.26. The third-order valence-corrected chi connectivity index (χ3v) is 3.25. The van der Waals surface area contributed by atoms with Crippen molar-refractivity contribution in [2.45, 2.75) is 19.4 Å². The summed E-state index contributed by atoms with van der Waals surface area (Å²) in [5, 5.41) is 14.1. The van der Waals surface area contributed by atoms with Gasteiger partial charge in [-0.25, -0.2) is 9.37 Å². The first-order chi connectivity index (χ1) is 9.04. The van der Waals surface area contributed by atoms with Crippen molar-refractivity contribution in [3.8, 4) is 0 Å². The molecule has 0 saturated carbocycles. The van der Waals surface area contributed by atoms with Crippen LogP contribution < -0.4 is 5.32 Å². The summed E-state index contributed by atoms with van der Waals surface area (Å²) in [6, 6.07) is 5.77. The van der Waals surface area contributed by atoms with Gasteiger partial charge < -0.3 is 10.4 Å². The largest absolute Gasteiger partial charge is 0.387 e. The van der Waals surface area contributed by atoms with Gasteiger partial charge in [0, 0.05) is 5.38 Å². The molecule has 2 aromatic rings. The molecule has 0 aliphatic rings. The molecule has 1 unspecified atom stereocenters. The van der Waals surface area contributed by atoms with Gasteiger partial charge in [-0.05, 0) is 24.6 Å². The maximum atomic E-state index is 12.7. The van der Waals surface area contributed by atoms with Crippen molar-refractivity contribution < 1.29 is 14.3 Å². The first-order valence-electron chi connectivity index (χ1n) is 5.72. The van der Waals surface area contributed by atoms with Gasteiger partial charge in [-0.15, -0.1) is 11.3 Å². The van der Waals surface area contributed by atoms with E-state index in [1.54, 1.807) is 24.4 Å². The lowest BCUT2D eigenvalue weighted by Gasteiger charge is -2.02. The highest BCUT2D eigenvalue weighted by Gasteiger charge is 2.10. The van der Waals surface area contributed by atoms with Crippen LogP contribution in [-0.4, -0.2) is 16.0 Å². The molecule has 1 amide bonds. The first kappa shape index (κ1) is 13.6. The molecular formula is C13H13FN2O2S. The number of hydrogen-bond donors (Lipinski definition) is 2. The zero-order valence-corrected chi connectivity index (χ0v) is 11.1. The molecule has 0 aliphatic carbocycles. The van der Waals surface area contributed by atoms with Crippen molar-refractivity contribution in [2.75, 3.05) is 5.32 Å². The van der Waals surface area contributed by atoms with E-state index in [9.17, 15) is 14.3 Å². The van der Waals surface area contributed by atoms with Crippen molar-refractivity contribution in [1.82, 2.24) is 4.98 Å². The van der Waals surface area contributed by atoms with E-state index in [1.165, 1.54) is 23.5 Å². The van der Waals surface area contributed by atoms with Gasteiger partial charge in [0.2, 0.25) is 5.91 Å². The highest BCUT2D eigenvalue weighted by atomic mass is 32.1. The summed E-state index contributed by atoms with van der Waals surface area (Å²) in [4.78, 5) is 15.8. The second-order valence-corrected chi connectivity index (χ2v) is 4.96. The summed E-state index contributed by atoms with van der Waals surface area (Å²) in [5.74, 6) is -0.552. The first-order valence-corrected chi connectivity index (χ1v) is 6.60. The Morgan fingerprint density at radius 2 is 2.16 bits per heavy atom. The molecule has 4 nitrogen and oxygen atoms in total. The predicted molar refractivity (Wildman–Crippen MR) is 71.5 cm³/mol. The van der Waals surface area contributed by atoms with Crippen LogP contribution in [0.2, 0.25) is 0 Å². The molecular weight excluding hydrogens is 267 g/mol. The summed E-state index contributed by atoms with van der Waals surface area (Å²) >= 11 is 1.26. The van der Waals surface area contributed by atoms with Crippen LogP contribution in [0.25, 0.3) is 0 Å². The van der Waals surface area contributed by atoms with Gasteiger partial charge in [0.15, 0.2) is 5.13 Å². The van der Waals surface area contributed by atoms with E-state index in [4.69, 9.17) is 0 Å². The zero-order chi connectivity index (χ0) is 13.8. The topological polar surface area (TPSA) is 62.2 Å². The van der Waals surface area contributed by atoms with Crippen LogP contribution in [0.3, 0.4) is 0 Å². The lowest BCUT2D eigenvalue weighted by Crippen LogP contribution is -2.14. The summed E-state index contributed by atoms with van der Waals surface area (Å²) in [7, 11) is 0. The maximum absolute atomic E-state index is 12.7. The second kappa shape index (κ2) is 5.90. The van der Waals surface area contributed by atoms with Gasteiger partial charge in [0.05, 0.1) is 18.2 Å². The molecule has 2 rings (SSSR count). The Bertz CT molecular complexity index is 566. The third-order valence-electron chi connectivity index (χ3n) is 2.47. The lowest BCUT2D eigenvalue weighted by atomic mass is 10.1. The molecule has 0 saturated heterocycles. The molecule has 1 heterocycles. The molecule has 2 N–H and O–H groups in total. The molecule has 0 fully saturated rings. The van der Waals surface area contributed by atoms with Crippen molar-refractivity contribution in [3.63, 3.8) is 0 Å². The van der Waals surface area contributed by atoms with Crippen LogP contribution in [-0.2, 0) is 11.2 Å². The number of carbonyl (C=O) groups excluding carboxylic acids is 1. The normalized spacial score (nSPS) is 12.2. The molecule has 0 spiro atoms. The van der Waals surface area contributed by atoms with E-state index in [1.807, 2.05) is 0 Å². The molecule has 1 aromatic heterocycles. The average molecular weight is 280 g/mol. The SMILES string of the molecule is CC(O)c1csc(NC(=O)Cc2ccc(F)cc2)n1. The molecule has 1 atom stereocenters. The molecule has 0 aliphatic heterocycles. The average Bonchev–Trinajstić information content (AvgIpc) is 2.80. The lowest BCUT2D eigenvalue weighted by molar-refractivity contribution is -0.115. The van der Waals surface area contributed by atoms with Crippen LogP contribution in [0.15, 0.2) is 29.6 Å². The third kappa shape index (κ3) is 3.84. The number of aliphatic hydroxyl groups is 1. The Kier molecular flexibility index (Phi) is 4.24. The number of thiazole rings is 1. The van der Waals surface area contributed by atoms with Crippen LogP contribution in [0.4, 0.5) is 9.52 Å². The van der Waals surface area contributed by atoms with Crippen molar-refractivity contribution in [1.29, 1.82) is 0 Å². The number of anilines is 1. The Hall–Kier alpha value is -1.79. The number of carbonyl (C=O) groups is 1. The minimum Gasteiger partial charge on any atom is -0.387 e. The van der Waals surface area contributed by atoms with E-state index in [2.05, 4.69) is 10.3 Å². The van der Waals surface area contributed by atoms with Crippen LogP contribution in [0, 0.1) is 5.82 Å². The van der Waals surface area contributed by atoms with E-state index in [0.717, 1.165) is 5.56 Å². The van der Waals surface area contributed by atoms with Gasteiger partial charge in [0.25, 0.3) is 0 Å². The fourth-order valence-electron chi connectivity index (χ4n) is 1.49. The number of benzene rings is 1. The van der Waals surface area contributed by atoms with E-state index < -0.39 is 6.10 Å². The highest BCUT2D eigenvalue weighted by Crippen LogP contribution is 2.20. The number of nitrogens with one attached hydrogen (secondary N) is 1. The minimum atomic E-state index is -0.654. The van der Waals surface area contributed by atoms with Gasteiger partial charge in [0.1, 0.15) is 5.82 Å². The van der Waals surface area contributed by atoms with Crippen LogP contribution in [0.1, 0.15) is 24.3 Å². The Labute approximate surface area is 113 Å². The number of amides is 1. The quantitative estimate of drug-likeness (QED) is 0.904. The fourth-order valence-corrected chi connectivity index (χ4v) is 2.30. The summed E-state index contributed by atoms with van der Waals surface area (Å²) in [6.45, 7) is 1.61. The summed E-state index contributed by atoms with van der Waals surface area (Å²) < 4.78 is 12.7. The number of hydrogen-bond acceptors (Lipinski definition) is 4. The van der Waals surface area contributed by atoms with Crippen LogP contribution in [0.5, 0.6) is 0 Å². The number of aliphatic hydroxyl groups excluding tert-OH is 1. The van der Waals surface area contributed by atoms with E-state index in [0.29, 0.717) is 10.8 Å². The van der Waals surface area contributed by atoms with Gasteiger partial charge in [-0.2, -0.15) is 0 Å². The smallest absolute Gasteiger partial charge is 0.230 e. The maximum Gasteiger partial charge on any atom is 0.230 e. The molecule has 0 bridgehead atoms. The molecule has 19 heavy (non-hydrogen) atoms. The number of aromatic nitrogens is 1. The van der Waals surface area contributed by atoms with Gasteiger partial charge in [-0.1, -0.05) is 12.1 Å². The minimum absolute atomic E-state index is 0.157. The van der Waals surface area contributed by atoms with Crippen molar-refractivity contribution >= 4 is 22.4 Å². The highest BCUT2D eigenvalue weighted by molar-refractivity contribution is 7.13. The fraction of sp³-hybridized carbons (Fsp3) is 0.231. The molecule has 0 radical (unpaired) electrons. The summed E-state index contributed by atoms with van der Waals surface area (Å²) in [6.07, 6.45) is -0.497. The zero-order valence-electron chi connectivity index (χ0n) is 10.3. The van der Waals surface area contributed by atoms with E-state index in [-0.39, 0.29) is 18.1 Å². The second-order valence-electron chi connectivity index (χ2n) is 4.10. The Morgan fingerprint density at radius 1 is 1.47 bits per heavy atom. The molecule has 1 aromatic carbocycles. The monoisotopic (exact) mass is 280 g/mol. The van der Waals surface area contributed by atoms with Gasteiger partial charge in [-0.3, -0.25) is 4.79 Å². The Balaban J connectivity index is 1.95. The van der Waals surface area contributed by atoms with Crippen molar-refractivity contribution in [2.24, 2.45) is 0 Å². The molecule has 100 valence electrons. The predicted octanol–water partition coefficient (Wildman–Crippen LogP) is 2.52. The van der Waals surface area contributed by atoms with E-state index >= 15 is 0 Å². The van der Waals surface area contributed by atoms with Crippen molar-refractivity contribution in [3.05, 3.63) is 46.7 Å².